The molecule has 560 valence electrons. The van der Waals surface area contributed by atoms with Crippen molar-refractivity contribution in [3.63, 3.8) is 0 Å². The molecule has 29 heteroatoms. The average molecular weight is 1440 g/mol. The van der Waals surface area contributed by atoms with Crippen LogP contribution >= 0.6 is 23.2 Å². The fraction of sp³-hybridized carbons (Fsp3) is 0.829. The minimum Gasteiger partial charge on any atom is -0.343 e. The molecular formula is C70H113Cl2F3N12O12. The molecule has 6 rings (SSSR count). The monoisotopic (exact) mass is 1440 g/mol. The van der Waals surface area contributed by atoms with Gasteiger partial charge in [-0.1, -0.05) is 79.1 Å². The van der Waals surface area contributed by atoms with Crippen molar-refractivity contribution in [3.8, 4) is 0 Å². The molecule has 3 N–H and O–H groups in total. The van der Waals surface area contributed by atoms with Crippen molar-refractivity contribution in [1.29, 1.82) is 0 Å². The number of nitrogens with one attached hydrogen (secondary N) is 3. The SMILES string of the molecule is CC[C@H](C)[C@@H]1NC(=O)[C@H](C)N(C)C(=O)C[C@@H](C(=O)N2CCCC2)N(C)C(=O)[C@H](C(C)C)N(C)C(=O)C2(CCC2)NC(=O)[C@H](CC2CCCCC2Cl)N(C)C(=O)[C@H](CCC2CCC(C(F)(F)F)C(Cl)C2)NC(=O)CN(C)C(=O)[C@H](CC2CCCCC2)N(C)C(=O)CN(C)C(=O)CN(C)C1=O. The van der Waals surface area contributed by atoms with E-state index in [2.05, 4.69) is 16.0 Å². The van der Waals surface area contributed by atoms with E-state index in [0.717, 1.165) is 69.4 Å². The topological polar surface area (TPSA) is 270 Å². The Balaban J connectivity index is 1.42. The lowest BCUT2D eigenvalue weighted by Crippen LogP contribution is -2.68. The first-order chi connectivity index (χ1) is 46.4. The van der Waals surface area contributed by atoms with E-state index in [0.29, 0.717) is 51.6 Å². The van der Waals surface area contributed by atoms with Crippen molar-refractivity contribution >= 4 is 94.1 Å². The summed E-state index contributed by atoms with van der Waals surface area (Å²) in [7, 11) is 11.2. The van der Waals surface area contributed by atoms with E-state index in [4.69, 9.17) is 23.2 Å². The molecule has 2 saturated heterocycles. The van der Waals surface area contributed by atoms with Crippen LogP contribution in [0.2, 0.25) is 0 Å². The largest absolute Gasteiger partial charge is 0.393 e. The molecule has 2 heterocycles. The van der Waals surface area contributed by atoms with Gasteiger partial charge in [0.2, 0.25) is 70.9 Å². The molecule has 4 aliphatic carbocycles. The summed E-state index contributed by atoms with van der Waals surface area (Å²) in [5, 5.41) is 7.01. The summed E-state index contributed by atoms with van der Waals surface area (Å²) < 4.78 is 42.2. The summed E-state index contributed by atoms with van der Waals surface area (Å²) >= 11 is 13.4. The van der Waals surface area contributed by atoms with Crippen molar-refractivity contribution in [1.82, 2.24) is 60.0 Å². The van der Waals surface area contributed by atoms with Crippen LogP contribution in [0.1, 0.15) is 182 Å². The summed E-state index contributed by atoms with van der Waals surface area (Å²) in [5.41, 5.74) is -1.60. The van der Waals surface area contributed by atoms with Crippen LogP contribution in [0, 0.1) is 35.5 Å². The number of nitrogens with zero attached hydrogens (tertiary/aromatic N) is 9. The van der Waals surface area contributed by atoms with Gasteiger partial charge in [-0.05, 0) is 126 Å². The Morgan fingerprint density at radius 3 is 1.76 bits per heavy atom. The lowest BCUT2D eigenvalue weighted by atomic mass is 9.74. The first-order valence-corrected chi connectivity index (χ1v) is 36.9. The number of amides is 12. The maximum atomic E-state index is 15.5. The minimum atomic E-state index is -4.52. The second-order valence-corrected chi connectivity index (χ2v) is 31.1. The standard InChI is InChI=1S/C70H113Cl2F3N12O12/c1-14-43(4)59-66(97)81(8)40-57(90)79(6)41-58(91)83(10)53(36-45-23-16-15-17-24-45)64(95)80(7)39-55(88)76-51(30-28-46-27-29-48(50(72)35-46)70(73,74)75)63(94)84(11)52(37-47-25-18-19-26-49(47)71)62(93)78-69(31-22-32-69)68(99)86(13)60(42(2)3)67(98)85(12)54(65(96)87-33-20-21-34-87)38-56(89)82(9)44(5)61(92)77-59/h42-54,59-60H,14-41H2,1-13H3,(H,76,88)(H,77,92)(H,78,93)/t43-,44-,46?,47?,48?,49?,50?,51-,52-,53-,54-,59-,60-/m0/s1. The number of hydrogen-bond donors (Lipinski definition) is 3. The number of likely N-dealkylation sites (N-methyl/N-ethyl adjacent to an activating group) is 8. The molecule has 1 spiro atoms. The van der Waals surface area contributed by atoms with Crippen molar-refractivity contribution in [2.75, 3.05) is 89.1 Å². The maximum absolute atomic E-state index is 15.5. The molecule has 6 fully saturated rings. The van der Waals surface area contributed by atoms with E-state index in [9.17, 15) is 51.5 Å². The van der Waals surface area contributed by atoms with Gasteiger partial charge in [0, 0.05) is 80.2 Å². The lowest BCUT2D eigenvalue weighted by Gasteiger charge is -2.47. The molecule has 13 atom stereocenters. The summed E-state index contributed by atoms with van der Waals surface area (Å²) in [6.45, 7) is 7.49. The molecule has 0 aromatic rings. The Morgan fingerprint density at radius 2 is 1.18 bits per heavy atom. The summed E-state index contributed by atoms with van der Waals surface area (Å²) in [4.78, 5) is 188. The molecule has 12 amide bonds. The van der Waals surface area contributed by atoms with Gasteiger partial charge in [0.15, 0.2) is 0 Å². The van der Waals surface area contributed by atoms with E-state index >= 15 is 19.2 Å². The van der Waals surface area contributed by atoms with Crippen molar-refractivity contribution in [2.45, 2.75) is 247 Å². The smallest absolute Gasteiger partial charge is 0.343 e. The van der Waals surface area contributed by atoms with Gasteiger partial charge in [-0.2, -0.15) is 13.2 Å². The molecule has 4 saturated carbocycles. The number of halogens is 5. The van der Waals surface area contributed by atoms with E-state index in [1.54, 1.807) is 25.7 Å². The number of hydrogen-bond acceptors (Lipinski definition) is 12. The van der Waals surface area contributed by atoms with Crippen LogP contribution < -0.4 is 16.0 Å². The number of likely N-dealkylation sites (tertiary alicyclic amines) is 1. The van der Waals surface area contributed by atoms with E-state index in [1.807, 2.05) is 6.92 Å². The Labute approximate surface area is 593 Å². The fourth-order valence-corrected chi connectivity index (χ4v) is 16.3. The molecule has 0 aromatic carbocycles. The average Bonchev–Trinajstić information content (AvgIpc) is 0.996. The molecule has 5 unspecified atom stereocenters. The van der Waals surface area contributed by atoms with Gasteiger partial charge >= 0.3 is 6.18 Å². The zero-order valence-electron chi connectivity index (χ0n) is 60.8. The maximum Gasteiger partial charge on any atom is 0.393 e. The number of carbonyl (C=O) groups is 12. The minimum absolute atomic E-state index is 0.0195. The van der Waals surface area contributed by atoms with Gasteiger partial charge < -0.3 is 60.0 Å². The van der Waals surface area contributed by atoms with Gasteiger partial charge in [-0.3, -0.25) is 57.5 Å². The van der Waals surface area contributed by atoms with Gasteiger partial charge in [0.25, 0.3) is 0 Å². The van der Waals surface area contributed by atoms with E-state index in [-0.39, 0.29) is 69.6 Å². The summed E-state index contributed by atoms with van der Waals surface area (Å²) in [6, 6.07) is -8.97. The third-order valence-electron chi connectivity index (χ3n) is 22.6. The van der Waals surface area contributed by atoms with Crippen LogP contribution in [0.3, 0.4) is 0 Å². The highest BCUT2D eigenvalue weighted by atomic mass is 35.5. The van der Waals surface area contributed by atoms with Gasteiger partial charge in [0.1, 0.15) is 47.8 Å². The molecule has 99 heavy (non-hydrogen) atoms. The predicted molar refractivity (Wildman–Crippen MR) is 368 cm³/mol. The second kappa shape index (κ2) is 36.2. The fourth-order valence-electron chi connectivity index (χ4n) is 15.4. The number of rotatable bonds is 11. The lowest BCUT2D eigenvalue weighted by molar-refractivity contribution is -0.182. The zero-order chi connectivity index (χ0) is 73.7. The highest BCUT2D eigenvalue weighted by Crippen LogP contribution is 2.44. The van der Waals surface area contributed by atoms with Crippen molar-refractivity contribution in [2.24, 2.45) is 35.5 Å². The van der Waals surface area contributed by atoms with Crippen LogP contribution in [0.25, 0.3) is 0 Å². The van der Waals surface area contributed by atoms with Crippen LogP contribution in [0.5, 0.6) is 0 Å². The van der Waals surface area contributed by atoms with E-state index in [1.165, 1.54) is 78.0 Å². The van der Waals surface area contributed by atoms with Crippen molar-refractivity contribution in [3.05, 3.63) is 0 Å². The molecule has 0 bridgehead atoms. The summed E-state index contributed by atoms with van der Waals surface area (Å²) in [6.07, 6.45) is 4.75. The Kier molecular flexibility index (Phi) is 30.0. The summed E-state index contributed by atoms with van der Waals surface area (Å²) in [5.74, 6) is -11.6. The molecule has 2 aliphatic heterocycles. The molecule has 0 radical (unpaired) electrons. The Bertz CT molecular complexity index is 2880. The first kappa shape index (κ1) is 82.0. The molecule has 0 aromatic heterocycles. The molecular weight excluding hydrogens is 1330 g/mol. The normalized spacial score (nSPS) is 30.8. The Morgan fingerprint density at radius 1 is 0.576 bits per heavy atom. The van der Waals surface area contributed by atoms with Gasteiger partial charge in [-0.15, -0.1) is 23.2 Å². The predicted octanol–water partition coefficient (Wildman–Crippen LogP) is 5.78. The van der Waals surface area contributed by atoms with Crippen LogP contribution in [0.15, 0.2) is 0 Å². The highest BCUT2D eigenvalue weighted by Gasteiger charge is 2.53. The second-order valence-electron chi connectivity index (χ2n) is 30.0. The van der Waals surface area contributed by atoms with E-state index < -0.39 is 185 Å². The molecule has 24 nitrogen and oxygen atoms in total. The third kappa shape index (κ3) is 20.9. The molecule has 6 aliphatic rings. The van der Waals surface area contributed by atoms with Crippen LogP contribution in [-0.4, -0.2) is 269 Å². The quantitative estimate of drug-likeness (QED) is 0.208. The number of alkyl halides is 5. The van der Waals surface area contributed by atoms with Crippen LogP contribution in [0.4, 0.5) is 13.2 Å². The highest BCUT2D eigenvalue weighted by molar-refractivity contribution is 6.21. The Hall–Kier alpha value is -5.99. The van der Waals surface area contributed by atoms with Crippen LogP contribution in [-0.2, 0) is 57.5 Å². The van der Waals surface area contributed by atoms with Crippen molar-refractivity contribution < 1.29 is 70.7 Å². The first-order valence-electron chi connectivity index (χ1n) is 36.1. The number of carbonyl (C=O) groups excluding carboxylic acids is 12. The van der Waals surface area contributed by atoms with Gasteiger partial charge in [0.05, 0.1) is 32.0 Å². The van der Waals surface area contributed by atoms with Gasteiger partial charge in [-0.25, -0.2) is 0 Å². The third-order valence-corrected chi connectivity index (χ3v) is 23.7. The zero-order valence-corrected chi connectivity index (χ0v) is 62.3.